The van der Waals surface area contributed by atoms with E-state index in [-0.39, 0.29) is 0 Å². The maximum absolute atomic E-state index is 6.01. The second kappa shape index (κ2) is 5.09. The largest absolute Gasteiger partial charge is 0.328 e. The average molecular weight is 250 g/mol. The minimum atomic E-state index is 0.467. The molecular formula is C14H22N2S. The zero-order valence-corrected chi connectivity index (χ0v) is 11.2. The molecule has 2 saturated carbocycles. The quantitative estimate of drug-likeness (QED) is 0.890. The molecule has 2 aliphatic rings. The molecule has 0 unspecified atom stereocenters. The van der Waals surface area contributed by atoms with Crippen LogP contribution in [-0.2, 0) is 6.54 Å². The first-order valence-corrected chi connectivity index (χ1v) is 7.74. The van der Waals surface area contributed by atoms with Gasteiger partial charge in [-0.2, -0.15) is 0 Å². The molecule has 0 aromatic carbocycles. The van der Waals surface area contributed by atoms with Crippen LogP contribution in [0.25, 0.3) is 0 Å². The van der Waals surface area contributed by atoms with Crippen LogP contribution >= 0.6 is 11.3 Å². The molecule has 0 saturated heterocycles. The number of thiophene rings is 1. The van der Waals surface area contributed by atoms with Crippen LogP contribution in [-0.4, -0.2) is 23.0 Å². The molecule has 1 heterocycles. The Morgan fingerprint density at radius 3 is 2.29 bits per heavy atom. The van der Waals surface area contributed by atoms with Crippen LogP contribution in [0.2, 0.25) is 0 Å². The third-order valence-corrected chi connectivity index (χ3v) is 5.01. The van der Waals surface area contributed by atoms with Gasteiger partial charge >= 0.3 is 0 Å². The minimum absolute atomic E-state index is 0.467. The lowest BCUT2D eigenvalue weighted by molar-refractivity contribution is 0.134. The van der Waals surface area contributed by atoms with Crippen molar-refractivity contribution in [2.24, 2.45) is 5.73 Å². The van der Waals surface area contributed by atoms with E-state index in [1.54, 1.807) is 0 Å². The lowest BCUT2D eigenvalue weighted by Crippen LogP contribution is -2.41. The van der Waals surface area contributed by atoms with Gasteiger partial charge in [-0.15, -0.1) is 11.3 Å². The van der Waals surface area contributed by atoms with Gasteiger partial charge in [-0.3, -0.25) is 4.90 Å². The van der Waals surface area contributed by atoms with Gasteiger partial charge in [-0.25, -0.2) is 0 Å². The van der Waals surface area contributed by atoms with Gasteiger partial charge in [0.25, 0.3) is 0 Å². The highest BCUT2D eigenvalue weighted by atomic mass is 32.1. The van der Waals surface area contributed by atoms with Crippen LogP contribution in [0.1, 0.15) is 43.4 Å². The first kappa shape index (κ1) is 11.7. The molecule has 0 spiro atoms. The summed E-state index contributed by atoms with van der Waals surface area (Å²) in [6.07, 6.45) is 7.88. The van der Waals surface area contributed by atoms with Crippen LogP contribution in [0.4, 0.5) is 0 Å². The van der Waals surface area contributed by atoms with E-state index < -0.39 is 0 Å². The normalized spacial score (nSPS) is 29.8. The van der Waals surface area contributed by atoms with Crippen LogP contribution < -0.4 is 5.73 Å². The van der Waals surface area contributed by atoms with E-state index in [0.29, 0.717) is 6.04 Å². The van der Waals surface area contributed by atoms with Crippen LogP contribution in [0.5, 0.6) is 0 Å². The fourth-order valence-corrected chi connectivity index (χ4v) is 3.69. The molecule has 2 aliphatic carbocycles. The maximum atomic E-state index is 6.01. The highest BCUT2D eigenvalue weighted by Gasteiger charge is 2.35. The number of hydrogen-bond donors (Lipinski definition) is 1. The summed E-state index contributed by atoms with van der Waals surface area (Å²) >= 11 is 1.89. The number of rotatable bonds is 4. The second-order valence-electron chi connectivity index (χ2n) is 5.55. The molecule has 3 rings (SSSR count). The topological polar surface area (TPSA) is 29.3 Å². The Kier molecular flexibility index (Phi) is 3.50. The van der Waals surface area contributed by atoms with Crippen molar-refractivity contribution in [1.82, 2.24) is 4.90 Å². The second-order valence-corrected chi connectivity index (χ2v) is 6.58. The Morgan fingerprint density at radius 2 is 1.76 bits per heavy atom. The van der Waals surface area contributed by atoms with Crippen LogP contribution in [0.15, 0.2) is 17.5 Å². The molecule has 17 heavy (non-hydrogen) atoms. The van der Waals surface area contributed by atoms with E-state index in [4.69, 9.17) is 5.73 Å². The van der Waals surface area contributed by atoms with Gasteiger partial charge in [-0.1, -0.05) is 6.07 Å². The maximum Gasteiger partial charge on any atom is 0.0333 e. The Morgan fingerprint density at radius 1 is 1.12 bits per heavy atom. The van der Waals surface area contributed by atoms with Gasteiger partial charge in [-0.05, 0) is 50.0 Å². The van der Waals surface area contributed by atoms with Crippen molar-refractivity contribution in [3.05, 3.63) is 22.4 Å². The predicted octanol–water partition coefficient (Wildman–Crippen LogP) is 2.98. The molecular weight excluding hydrogens is 228 g/mol. The van der Waals surface area contributed by atoms with Crippen LogP contribution in [0.3, 0.4) is 0 Å². The smallest absolute Gasteiger partial charge is 0.0333 e. The molecule has 2 N–H and O–H groups in total. The monoisotopic (exact) mass is 250 g/mol. The van der Waals surface area contributed by atoms with Gasteiger partial charge in [0.2, 0.25) is 0 Å². The summed E-state index contributed by atoms with van der Waals surface area (Å²) in [7, 11) is 0. The van der Waals surface area contributed by atoms with Crippen molar-refractivity contribution < 1.29 is 0 Å². The fraction of sp³-hybridized carbons (Fsp3) is 0.714. The van der Waals surface area contributed by atoms with Crippen LogP contribution in [0, 0.1) is 0 Å². The Bertz CT molecular complexity index is 337. The number of hydrogen-bond acceptors (Lipinski definition) is 3. The van der Waals surface area contributed by atoms with Gasteiger partial charge in [0, 0.05) is 29.5 Å². The standard InChI is InChI=1S/C14H22N2S/c15-11-3-5-12(6-4-11)16(13-7-8-13)10-14-2-1-9-17-14/h1-2,9,11-13H,3-8,10,15H2. The molecule has 0 bridgehead atoms. The Labute approximate surface area is 108 Å². The van der Waals surface area contributed by atoms with Crippen molar-refractivity contribution in [1.29, 1.82) is 0 Å². The molecule has 94 valence electrons. The van der Waals surface area contributed by atoms with E-state index in [1.165, 1.54) is 49.9 Å². The van der Waals surface area contributed by atoms with E-state index in [0.717, 1.165) is 12.1 Å². The minimum Gasteiger partial charge on any atom is -0.328 e. The Hall–Kier alpha value is -0.380. The Balaban J connectivity index is 1.63. The molecule has 2 fully saturated rings. The first-order chi connectivity index (χ1) is 8.33. The van der Waals surface area contributed by atoms with Crippen molar-refractivity contribution in [3.63, 3.8) is 0 Å². The summed E-state index contributed by atoms with van der Waals surface area (Å²) in [6, 6.07) is 6.58. The molecule has 1 aromatic heterocycles. The van der Waals surface area contributed by atoms with E-state index in [9.17, 15) is 0 Å². The third kappa shape index (κ3) is 2.90. The van der Waals surface area contributed by atoms with Crippen molar-refractivity contribution in [2.75, 3.05) is 0 Å². The lowest BCUT2D eigenvalue weighted by atomic mass is 9.90. The number of nitrogens with two attached hydrogens (primary N) is 1. The van der Waals surface area contributed by atoms with Gasteiger partial charge in [0.05, 0.1) is 0 Å². The summed E-state index contributed by atoms with van der Waals surface area (Å²) in [4.78, 5) is 4.28. The molecule has 1 aromatic rings. The summed E-state index contributed by atoms with van der Waals surface area (Å²) in [6.45, 7) is 1.17. The van der Waals surface area contributed by atoms with E-state index in [2.05, 4.69) is 22.4 Å². The molecule has 0 atom stereocenters. The van der Waals surface area contributed by atoms with Gasteiger partial charge in [0.15, 0.2) is 0 Å². The first-order valence-electron chi connectivity index (χ1n) is 6.86. The van der Waals surface area contributed by atoms with Crippen molar-refractivity contribution in [2.45, 2.75) is 63.2 Å². The average Bonchev–Trinajstić information content (AvgIpc) is 3.05. The van der Waals surface area contributed by atoms with Crippen molar-refractivity contribution in [3.8, 4) is 0 Å². The van der Waals surface area contributed by atoms with Gasteiger partial charge < -0.3 is 5.73 Å². The van der Waals surface area contributed by atoms with E-state index >= 15 is 0 Å². The zero-order valence-electron chi connectivity index (χ0n) is 10.3. The fourth-order valence-electron chi connectivity index (χ4n) is 2.98. The molecule has 0 aliphatic heterocycles. The third-order valence-electron chi connectivity index (χ3n) is 4.14. The number of nitrogens with zero attached hydrogens (tertiary/aromatic N) is 1. The molecule has 3 heteroatoms. The predicted molar refractivity (Wildman–Crippen MR) is 73.1 cm³/mol. The summed E-state index contributed by atoms with van der Waals surface area (Å²) in [5, 5.41) is 2.19. The lowest BCUT2D eigenvalue weighted by Gasteiger charge is -2.36. The summed E-state index contributed by atoms with van der Waals surface area (Å²) in [5.74, 6) is 0. The molecule has 0 radical (unpaired) electrons. The molecule has 0 amide bonds. The van der Waals surface area contributed by atoms with Crippen molar-refractivity contribution >= 4 is 11.3 Å². The SMILES string of the molecule is NC1CCC(N(Cc2cccs2)C2CC2)CC1. The highest BCUT2D eigenvalue weighted by molar-refractivity contribution is 7.09. The summed E-state index contributed by atoms with van der Waals surface area (Å²) < 4.78 is 0. The summed E-state index contributed by atoms with van der Waals surface area (Å²) in [5.41, 5.74) is 6.01. The highest BCUT2D eigenvalue weighted by Crippen LogP contribution is 2.35. The van der Waals surface area contributed by atoms with E-state index in [1.807, 2.05) is 11.3 Å². The zero-order chi connectivity index (χ0) is 11.7. The van der Waals surface area contributed by atoms with Gasteiger partial charge in [0.1, 0.15) is 0 Å². The molecule has 2 nitrogen and oxygen atoms in total.